The molecule has 1 saturated heterocycles. The normalized spacial score (nSPS) is 15.0. The Morgan fingerprint density at radius 1 is 1.21 bits per heavy atom. The first-order chi connectivity index (χ1) is 17.9. The highest BCUT2D eigenvalue weighted by Gasteiger charge is 2.35. The monoisotopic (exact) mass is 553 g/mol. The Balaban J connectivity index is 1.62. The average molecular weight is 554 g/mol. The maximum Gasteiger partial charge on any atom is 0.419 e. The number of imidazole rings is 1. The molecule has 10 nitrogen and oxygen atoms in total. The number of nitriles is 1. The van der Waals surface area contributed by atoms with E-state index in [2.05, 4.69) is 15.0 Å². The van der Waals surface area contributed by atoms with Gasteiger partial charge in [-0.3, -0.25) is 4.55 Å². The lowest BCUT2D eigenvalue weighted by Crippen LogP contribution is -2.35. The van der Waals surface area contributed by atoms with Crippen LogP contribution < -0.4 is 10.6 Å². The smallest absolute Gasteiger partial charge is 0.382 e. The van der Waals surface area contributed by atoms with Crippen LogP contribution in [0, 0.1) is 17.1 Å². The quantitative estimate of drug-likeness (QED) is 0.330. The van der Waals surface area contributed by atoms with Crippen molar-refractivity contribution in [3.05, 3.63) is 53.5 Å². The van der Waals surface area contributed by atoms with Crippen LogP contribution in [0.2, 0.25) is 0 Å². The zero-order valence-electron chi connectivity index (χ0n) is 19.9. The van der Waals surface area contributed by atoms with Gasteiger partial charge in [-0.2, -0.15) is 26.9 Å². The van der Waals surface area contributed by atoms with Crippen molar-refractivity contribution in [1.82, 2.24) is 19.5 Å². The van der Waals surface area contributed by atoms with Crippen molar-refractivity contribution >= 4 is 21.8 Å². The van der Waals surface area contributed by atoms with Crippen LogP contribution in [0.1, 0.15) is 42.1 Å². The zero-order valence-corrected chi connectivity index (χ0v) is 20.7. The van der Waals surface area contributed by atoms with E-state index in [1.807, 2.05) is 11.0 Å². The van der Waals surface area contributed by atoms with E-state index in [1.54, 1.807) is 4.57 Å². The lowest BCUT2D eigenvalue weighted by atomic mass is 9.95. The van der Waals surface area contributed by atoms with Crippen molar-refractivity contribution in [3.63, 3.8) is 0 Å². The van der Waals surface area contributed by atoms with Crippen LogP contribution in [0.25, 0.3) is 11.3 Å². The van der Waals surface area contributed by atoms with Crippen LogP contribution >= 0.6 is 0 Å². The highest BCUT2D eigenvalue weighted by Crippen LogP contribution is 2.36. The number of aromatic nitrogens is 4. The number of piperidine rings is 1. The van der Waals surface area contributed by atoms with Crippen molar-refractivity contribution in [2.75, 3.05) is 29.5 Å². The van der Waals surface area contributed by atoms with E-state index in [0.717, 1.165) is 6.07 Å². The highest BCUT2D eigenvalue weighted by atomic mass is 32.2. The molecule has 1 aliphatic rings. The van der Waals surface area contributed by atoms with E-state index < -0.39 is 33.4 Å². The molecule has 0 aliphatic carbocycles. The molecule has 0 unspecified atom stereocenters. The van der Waals surface area contributed by atoms with Crippen molar-refractivity contribution < 1.29 is 30.5 Å². The summed E-state index contributed by atoms with van der Waals surface area (Å²) in [6.45, 7) is 1.08. The maximum absolute atomic E-state index is 13.8. The van der Waals surface area contributed by atoms with Crippen LogP contribution in [-0.2, 0) is 22.8 Å². The number of aryl methyl sites for hydroxylation is 1. The van der Waals surface area contributed by atoms with Gasteiger partial charge in [-0.05, 0) is 37.5 Å². The molecule has 0 bridgehead atoms. The largest absolute Gasteiger partial charge is 0.419 e. The Hall–Kier alpha value is -3.77. The summed E-state index contributed by atoms with van der Waals surface area (Å²) in [5.74, 6) is -1.06. The molecule has 0 atom stereocenters. The molecule has 2 aromatic heterocycles. The molecule has 1 aromatic carbocycles. The molecular formula is C23H23F4N7O3S. The van der Waals surface area contributed by atoms with Crippen LogP contribution in [0.3, 0.4) is 0 Å². The number of hydrogen-bond donors (Lipinski definition) is 2. The fourth-order valence-corrected chi connectivity index (χ4v) is 4.97. The van der Waals surface area contributed by atoms with Crippen LogP contribution in [-0.4, -0.2) is 51.3 Å². The van der Waals surface area contributed by atoms with Crippen molar-refractivity contribution in [3.8, 4) is 17.3 Å². The van der Waals surface area contributed by atoms with Crippen LogP contribution in [0.4, 0.5) is 29.2 Å². The third kappa shape index (κ3) is 6.03. The Bertz CT molecular complexity index is 1480. The first-order valence-electron chi connectivity index (χ1n) is 11.5. The van der Waals surface area contributed by atoms with Crippen LogP contribution in [0.15, 0.2) is 30.7 Å². The fraction of sp³-hybridized carbons (Fsp3) is 0.391. The van der Waals surface area contributed by atoms with E-state index in [1.165, 1.54) is 18.6 Å². The van der Waals surface area contributed by atoms with Crippen molar-refractivity contribution in [1.29, 1.82) is 5.26 Å². The summed E-state index contributed by atoms with van der Waals surface area (Å²) >= 11 is 0. The van der Waals surface area contributed by atoms with Gasteiger partial charge in [0.05, 0.1) is 17.0 Å². The Kier molecular flexibility index (Phi) is 7.56. The van der Waals surface area contributed by atoms with Crippen molar-refractivity contribution in [2.24, 2.45) is 0 Å². The molecular weight excluding hydrogens is 530 g/mol. The first-order valence-corrected chi connectivity index (χ1v) is 13.1. The topological polar surface area (TPSA) is 151 Å². The molecule has 4 rings (SSSR count). The van der Waals surface area contributed by atoms with Gasteiger partial charge in [0, 0.05) is 37.3 Å². The molecule has 38 heavy (non-hydrogen) atoms. The molecule has 15 heteroatoms. The minimum absolute atomic E-state index is 0.0451. The molecule has 3 N–H and O–H groups in total. The Labute approximate surface area is 215 Å². The Morgan fingerprint density at radius 2 is 1.92 bits per heavy atom. The third-order valence-corrected chi connectivity index (χ3v) is 7.11. The molecule has 3 heterocycles. The molecule has 0 spiro atoms. The number of hydrogen-bond acceptors (Lipinski definition) is 8. The number of benzene rings is 1. The lowest BCUT2D eigenvalue weighted by molar-refractivity contribution is -0.139. The first kappa shape index (κ1) is 27.3. The van der Waals surface area contributed by atoms with E-state index in [9.17, 15) is 31.2 Å². The van der Waals surface area contributed by atoms with Gasteiger partial charge in [0.2, 0.25) is 0 Å². The number of nitrogens with two attached hydrogens (primary N) is 1. The molecule has 202 valence electrons. The molecule has 0 radical (unpaired) electrons. The molecule has 0 amide bonds. The van der Waals surface area contributed by atoms with E-state index in [4.69, 9.17) is 10.3 Å². The number of halogens is 4. The highest BCUT2D eigenvalue weighted by molar-refractivity contribution is 7.85. The summed E-state index contributed by atoms with van der Waals surface area (Å²) in [4.78, 5) is 14.5. The van der Waals surface area contributed by atoms with Crippen LogP contribution in [0.5, 0.6) is 0 Å². The second-order valence-corrected chi connectivity index (χ2v) is 10.4. The molecule has 1 aliphatic heterocycles. The SMILES string of the molecule is N#Cc1c(N)ncnc1N1CCC(c2nc(-c3ccc(F)c(C(F)(F)F)c3)cn2CCCS(=O)(=O)O)CC1. The summed E-state index contributed by atoms with van der Waals surface area (Å²) in [6, 6.07) is 4.62. The van der Waals surface area contributed by atoms with Gasteiger partial charge >= 0.3 is 6.18 Å². The number of nitrogen functional groups attached to an aromatic ring is 1. The van der Waals surface area contributed by atoms with E-state index in [-0.39, 0.29) is 41.5 Å². The third-order valence-electron chi connectivity index (χ3n) is 6.30. The van der Waals surface area contributed by atoms with Gasteiger partial charge in [0.15, 0.2) is 5.82 Å². The van der Waals surface area contributed by atoms with Gasteiger partial charge in [-0.15, -0.1) is 0 Å². The van der Waals surface area contributed by atoms with Gasteiger partial charge in [0.1, 0.15) is 35.4 Å². The minimum Gasteiger partial charge on any atom is -0.382 e. The lowest BCUT2D eigenvalue weighted by Gasteiger charge is -2.33. The predicted molar refractivity (Wildman–Crippen MR) is 129 cm³/mol. The predicted octanol–water partition coefficient (Wildman–Crippen LogP) is 3.61. The number of nitrogens with zero attached hydrogens (tertiary/aromatic N) is 6. The summed E-state index contributed by atoms with van der Waals surface area (Å²) in [5, 5.41) is 9.43. The van der Waals surface area contributed by atoms with Crippen molar-refractivity contribution in [2.45, 2.75) is 37.9 Å². The maximum atomic E-state index is 13.8. The molecule has 3 aromatic rings. The van der Waals surface area contributed by atoms with E-state index in [0.29, 0.717) is 43.6 Å². The minimum atomic E-state index is -4.89. The Morgan fingerprint density at radius 3 is 2.55 bits per heavy atom. The standard InChI is InChI=1S/C23H23F4N7O3S/c24-18-3-2-15(10-17(18)23(25,26)27)19-12-34(6-1-9-38(35,36)37)21(32-19)14-4-7-33(8-5-14)22-16(11-28)20(29)30-13-31-22/h2-3,10,12-14H,1,4-9H2,(H2,29,30,31)(H,35,36,37). The second-order valence-electron chi connectivity index (χ2n) is 8.84. The van der Waals surface area contributed by atoms with Gasteiger partial charge in [-0.1, -0.05) is 0 Å². The summed E-state index contributed by atoms with van der Waals surface area (Å²) in [6.07, 6.45) is -0.993. The second kappa shape index (κ2) is 10.5. The van der Waals surface area contributed by atoms with Gasteiger partial charge < -0.3 is 15.2 Å². The van der Waals surface area contributed by atoms with Gasteiger partial charge in [0.25, 0.3) is 10.1 Å². The molecule has 1 fully saturated rings. The molecule has 0 saturated carbocycles. The average Bonchev–Trinajstić information content (AvgIpc) is 3.27. The van der Waals surface area contributed by atoms with E-state index >= 15 is 0 Å². The fourth-order valence-electron chi connectivity index (χ4n) is 4.48. The van der Waals surface area contributed by atoms with Gasteiger partial charge in [-0.25, -0.2) is 19.3 Å². The number of alkyl halides is 3. The zero-order chi connectivity index (χ0) is 27.7. The summed E-state index contributed by atoms with van der Waals surface area (Å²) < 4.78 is 86.7. The number of rotatable bonds is 7. The summed E-state index contributed by atoms with van der Waals surface area (Å²) in [5.41, 5.74) is 4.77. The number of anilines is 2. The summed E-state index contributed by atoms with van der Waals surface area (Å²) in [7, 11) is -4.21.